The Bertz CT molecular complexity index is 490. The molecule has 2 N–H and O–H groups in total. The number of likely N-dealkylation sites (tertiary alicyclic amines) is 1. The van der Waals surface area contributed by atoms with Gasteiger partial charge >= 0.3 is 0 Å². The number of nitrogens with one attached hydrogen (secondary N) is 2. The van der Waals surface area contributed by atoms with E-state index < -0.39 is 0 Å². The van der Waals surface area contributed by atoms with E-state index in [0.29, 0.717) is 11.8 Å². The van der Waals surface area contributed by atoms with Gasteiger partial charge in [-0.15, -0.1) is 0 Å². The van der Waals surface area contributed by atoms with E-state index in [1.165, 1.54) is 0 Å². The van der Waals surface area contributed by atoms with Gasteiger partial charge in [0.15, 0.2) is 0 Å². The Kier molecular flexibility index (Phi) is 5.78. The number of hydrogen-bond acceptors (Lipinski definition) is 5. The molecule has 1 aliphatic rings. The van der Waals surface area contributed by atoms with Crippen molar-refractivity contribution in [2.45, 2.75) is 39.2 Å². The predicted molar refractivity (Wildman–Crippen MR) is 87.4 cm³/mol. The molecule has 1 fully saturated rings. The fourth-order valence-electron chi connectivity index (χ4n) is 2.27. The smallest absolute Gasteiger partial charge is 0.244 e. The summed E-state index contributed by atoms with van der Waals surface area (Å²) in [5, 5.41) is 6.32. The van der Waals surface area contributed by atoms with Crippen LogP contribution in [-0.4, -0.2) is 46.5 Å². The van der Waals surface area contributed by atoms with Gasteiger partial charge < -0.3 is 15.5 Å². The van der Waals surface area contributed by atoms with Crippen molar-refractivity contribution >= 4 is 33.6 Å². The Morgan fingerprint density at radius 2 is 2.19 bits per heavy atom. The summed E-state index contributed by atoms with van der Waals surface area (Å²) in [6.45, 7) is 6.50. The first-order valence-corrected chi connectivity index (χ1v) is 8.23. The van der Waals surface area contributed by atoms with Crippen LogP contribution in [0, 0.1) is 0 Å². The van der Waals surface area contributed by atoms with Crippen molar-refractivity contribution in [1.82, 2.24) is 14.9 Å². The van der Waals surface area contributed by atoms with Gasteiger partial charge in [0.2, 0.25) is 11.9 Å². The summed E-state index contributed by atoms with van der Waals surface area (Å²) >= 11 is 3.42. The SMILES string of the molecule is CCCNc1ncc(Br)c(NC(C)C(=O)N2CCCC2)n1. The lowest BCUT2D eigenvalue weighted by Gasteiger charge is -2.22. The monoisotopic (exact) mass is 355 g/mol. The molecule has 0 aliphatic carbocycles. The second-order valence-electron chi connectivity index (χ2n) is 5.22. The maximum atomic E-state index is 12.3. The fourth-order valence-corrected chi connectivity index (χ4v) is 2.57. The highest BCUT2D eigenvalue weighted by molar-refractivity contribution is 9.10. The summed E-state index contributed by atoms with van der Waals surface area (Å²) in [5.41, 5.74) is 0. The zero-order chi connectivity index (χ0) is 15.2. The van der Waals surface area contributed by atoms with Gasteiger partial charge in [-0.1, -0.05) is 6.92 Å². The lowest BCUT2D eigenvalue weighted by Crippen LogP contribution is -2.39. The van der Waals surface area contributed by atoms with Crippen LogP contribution in [0.3, 0.4) is 0 Å². The van der Waals surface area contributed by atoms with Crippen LogP contribution in [0.2, 0.25) is 0 Å². The molecule has 6 nitrogen and oxygen atoms in total. The van der Waals surface area contributed by atoms with E-state index in [1.807, 2.05) is 11.8 Å². The average Bonchev–Trinajstić information content (AvgIpc) is 3.01. The third kappa shape index (κ3) is 4.30. The highest BCUT2D eigenvalue weighted by atomic mass is 79.9. The summed E-state index contributed by atoms with van der Waals surface area (Å²) in [4.78, 5) is 22.8. The highest BCUT2D eigenvalue weighted by Gasteiger charge is 2.23. The third-order valence-electron chi connectivity index (χ3n) is 3.42. The molecule has 0 aromatic carbocycles. The summed E-state index contributed by atoms with van der Waals surface area (Å²) < 4.78 is 0.755. The molecule has 0 bridgehead atoms. The zero-order valence-corrected chi connectivity index (χ0v) is 14.1. The number of nitrogens with zero attached hydrogens (tertiary/aromatic N) is 3. The predicted octanol–water partition coefficient (Wildman–Crippen LogP) is 2.48. The lowest BCUT2D eigenvalue weighted by atomic mass is 10.3. The van der Waals surface area contributed by atoms with Gasteiger partial charge in [-0.3, -0.25) is 4.79 Å². The van der Waals surface area contributed by atoms with Gasteiger partial charge in [0, 0.05) is 25.8 Å². The van der Waals surface area contributed by atoms with Gasteiger partial charge in [0.1, 0.15) is 11.9 Å². The molecule has 1 unspecified atom stereocenters. The molecule has 2 rings (SSSR count). The van der Waals surface area contributed by atoms with Crippen LogP contribution in [-0.2, 0) is 4.79 Å². The Morgan fingerprint density at radius 3 is 2.86 bits per heavy atom. The number of rotatable bonds is 6. The molecule has 1 aromatic rings. The van der Waals surface area contributed by atoms with Crippen molar-refractivity contribution < 1.29 is 4.79 Å². The molecule has 1 aromatic heterocycles. The Labute approximate surface area is 133 Å². The van der Waals surface area contributed by atoms with Crippen LogP contribution in [0.5, 0.6) is 0 Å². The number of hydrogen-bond donors (Lipinski definition) is 2. The first-order chi connectivity index (χ1) is 10.1. The molecule has 0 saturated carbocycles. The molecule has 2 heterocycles. The minimum atomic E-state index is -0.298. The Hall–Kier alpha value is -1.37. The Morgan fingerprint density at radius 1 is 1.48 bits per heavy atom. The van der Waals surface area contributed by atoms with Crippen LogP contribution in [0.4, 0.5) is 11.8 Å². The minimum absolute atomic E-state index is 0.126. The summed E-state index contributed by atoms with van der Waals surface area (Å²) in [6, 6.07) is -0.298. The molecule has 1 saturated heterocycles. The van der Waals surface area contributed by atoms with E-state index >= 15 is 0 Å². The van der Waals surface area contributed by atoms with Crippen LogP contribution >= 0.6 is 15.9 Å². The molecule has 0 spiro atoms. The number of halogens is 1. The number of aromatic nitrogens is 2. The molecule has 116 valence electrons. The van der Waals surface area contributed by atoms with Gasteiger partial charge in [0.05, 0.1) is 4.47 Å². The molecular weight excluding hydrogens is 334 g/mol. The molecule has 1 amide bonds. The van der Waals surface area contributed by atoms with Gasteiger partial charge in [-0.25, -0.2) is 4.98 Å². The molecular formula is C14H22BrN5O. The van der Waals surface area contributed by atoms with Crippen LogP contribution in [0.15, 0.2) is 10.7 Å². The van der Waals surface area contributed by atoms with Gasteiger partial charge in [0.25, 0.3) is 0 Å². The van der Waals surface area contributed by atoms with Crippen molar-refractivity contribution in [3.63, 3.8) is 0 Å². The van der Waals surface area contributed by atoms with Crippen molar-refractivity contribution in [3.8, 4) is 0 Å². The summed E-state index contributed by atoms with van der Waals surface area (Å²) in [6.07, 6.45) is 4.90. The minimum Gasteiger partial charge on any atom is -0.358 e. The number of anilines is 2. The summed E-state index contributed by atoms with van der Waals surface area (Å²) in [5.74, 6) is 1.34. The van der Waals surface area contributed by atoms with E-state index in [1.54, 1.807) is 6.20 Å². The topological polar surface area (TPSA) is 70.2 Å². The molecule has 7 heteroatoms. The van der Waals surface area contributed by atoms with Crippen molar-refractivity contribution in [3.05, 3.63) is 10.7 Å². The van der Waals surface area contributed by atoms with Gasteiger partial charge in [-0.2, -0.15) is 4.98 Å². The van der Waals surface area contributed by atoms with Crippen LogP contribution in [0.25, 0.3) is 0 Å². The number of carbonyl (C=O) groups is 1. The Balaban J connectivity index is 2.01. The van der Waals surface area contributed by atoms with E-state index in [4.69, 9.17) is 0 Å². The third-order valence-corrected chi connectivity index (χ3v) is 4.00. The second kappa shape index (κ2) is 7.59. The average molecular weight is 356 g/mol. The quantitative estimate of drug-likeness (QED) is 0.820. The largest absolute Gasteiger partial charge is 0.358 e. The molecule has 21 heavy (non-hydrogen) atoms. The molecule has 1 atom stereocenters. The van der Waals surface area contributed by atoms with E-state index in [-0.39, 0.29) is 11.9 Å². The standard InChI is InChI=1S/C14H22BrN5O/c1-3-6-16-14-17-9-11(15)12(19-14)18-10(2)13(21)20-7-4-5-8-20/h9-10H,3-8H2,1-2H3,(H2,16,17,18,19). The highest BCUT2D eigenvalue weighted by Crippen LogP contribution is 2.21. The fraction of sp³-hybridized carbons (Fsp3) is 0.643. The zero-order valence-electron chi connectivity index (χ0n) is 12.5. The molecule has 0 radical (unpaired) electrons. The first kappa shape index (κ1) is 16.0. The first-order valence-electron chi connectivity index (χ1n) is 7.43. The molecule has 1 aliphatic heterocycles. The second-order valence-corrected chi connectivity index (χ2v) is 6.07. The van der Waals surface area contributed by atoms with Crippen LogP contribution in [0.1, 0.15) is 33.1 Å². The summed E-state index contributed by atoms with van der Waals surface area (Å²) in [7, 11) is 0. The normalized spacial score (nSPS) is 15.9. The van der Waals surface area contributed by atoms with Crippen molar-refractivity contribution in [2.75, 3.05) is 30.3 Å². The van der Waals surface area contributed by atoms with Gasteiger partial charge in [-0.05, 0) is 42.1 Å². The van der Waals surface area contributed by atoms with E-state index in [9.17, 15) is 4.79 Å². The van der Waals surface area contributed by atoms with Crippen molar-refractivity contribution in [1.29, 1.82) is 0 Å². The maximum Gasteiger partial charge on any atom is 0.244 e. The lowest BCUT2D eigenvalue weighted by molar-refractivity contribution is -0.130. The number of amides is 1. The maximum absolute atomic E-state index is 12.3. The van der Waals surface area contributed by atoms with E-state index in [0.717, 1.165) is 43.4 Å². The van der Waals surface area contributed by atoms with E-state index in [2.05, 4.69) is 43.5 Å². The number of carbonyl (C=O) groups excluding carboxylic acids is 1. The van der Waals surface area contributed by atoms with Crippen molar-refractivity contribution in [2.24, 2.45) is 0 Å². The van der Waals surface area contributed by atoms with Crippen LogP contribution < -0.4 is 10.6 Å².